The van der Waals surface area contributed by atoms with E-state index in [4.69, 9.17) is 16.0 Å². The van der Waals surface area contributed by atoms with Crippen LogP contribution in [0.1, 0.15) is 11.3 Å². The molecule has 1 fully saturated rings. The Morgan fingerprint density at radius 1 is 0.938 bits per heavy atom. The lowest BCUT2D eigenvalue weighted by Crippen LogP contribution is -2.27. The number of rotatable bonds is 5. The maximum Gasteiger partial charge on any atom is 0.293 e. The molecule has 0 atom stereocenters. The summed E-state index contributed by atoms with van der Waals surface area (Å²) >= 11 is 8.31. The summed E-state index contributed by atoms with van der Waals surface area (Å²) in [4.78, 5) is 28.2. The monoisotopic (exact) mass is 477 g/mol. The maximum atomic E-state index is 12.9. The molecule has 0 N–H and O–H groups in total. The molecule has 4 nitrogen and oxygen atoms in total. The molecule has 0 saturated carbocycles. The fourth-order valence-corrected chi connectivity index (χ4v) is 5.17. The van der Waals surface area contributed by atoms with Crippen LogP contribution in [-0.2, 0) is 11.3 Å². The molecule has 0 radical (unpaired) electrons. The molecule has 5 rings (SSSR count). The fourth-order valence-electron chi connectivity index (χ4n) is 3.45. The van der Waals surface area contributed by atoms with Gasteiger partial charge in [0.05, 0.1) is 11.4 Å². The predicted octanol–water partition coefficient (Wildman–Crippen LogP) is 7.47. The zero-order chi connectivity index (χ0) is 22.1. The van der Waals surface area contributed by atoms with E-state index in [2.05, 4.69) is 0 Å². The van der Waals surface area contributed by atoms with Gasteiger partial charge in [0.1, 0.15) is 5.76 Å². The molecule has 1 aromatic heterocycles. The lowest BCUT2D eigenvalue weighted by molar-refractivity contribution is -0.123. The van der Waals surface area contributed by atoms with Gasteiger partial charge in [0.15, 0.2) is 5.09 Å². The molecule has 0 bridgehead atoms. The average Bonchev–Trinajstić information content (AvgIpc) is 3.35. The lowest BCUT2D eigenvalue weighted by Gasteiger charge is -2.14. The zero-order valence-corrected chi connectivity index (χ0v) is 19.0. The number of amides is 2. The molecular formula is C25H16ClNO3S2. The van der Waals surface area contributed by atoms with E-state index in [9.17, 15) is 9.59 Å². The summed E-state index contributed by atoms with van der Waals surface area (Å²) in [6, 6.07) is 24.9. The number of carbonyl (C=O) groups excluding carboxylic acids is 2. The highest BCUT2D eigenvalue weighted by atomic mass is 35.5. The highest BCUT2D eigenvalue weighted by Crippen LogP contribution is 2.36. The molecule has 3 aromatic carbocycles. The van der Waals surface area contributed by atoms with Gasteiger partial charge in [0.2, 0.25) is 0 Å². The Labute approximate surface area is 198 Å². The van der Waals surface area contributed by atoms with Crippen LogP contribution in [0.5, 0.6) is 0 Å². The Bertz CT molecular complexity index is 1360. The van der Waals surface area contributed by atoms with Crippen molar-refractivity contribution in [1.29, 1.82) is 0 Å². The van der Waals surface area contributed by atoms with Gasteiger partial charge in [-0.1, -0.05) is 65.8 Å². The first-order valence-corrected chi connectivity index (χ1v) is 11.8. The molecule has 158 valence electrons. The molecule has 4 aromatic rings. The van der Waals surface area contributed by atoms with Crippen LogP contribution >= 0.6 is 35.1 Å². The summed E-state index contributed by atoms with van der Waals surface area (Å²) in [7, 11) is 0. The van der Waals surface area contributed by atoms with E-state index in [0.29, 0.717) is 20.8 Å². The molecule has 32 heavy (non-hydrogen) atoms. The van der Waals surface area contributed by atoms with Gasteiger partial charge in [-0.15, -0.1) is 0 Å². The van der Waals surface area contributed by atoms with Crippen LogP contribution in [0.25, 0.3) is 16.8 Å². The number of furan rings is 1. The number of fused-ring (bicyclic) bond motifs is 1. The van der Waals surface area contributed by atoms with E-state index in [1.54, 1.807) is 12.1 Å². The fraction of sp³-hybridized carbons (Fsp3) is 0.0400. The third-order valence-electron chi connectivity index (χ3n) is 4.99. The van der Waals surface area contributed by atoms with Crippen LogP contribution in [0.4, 0.5) is 4.79 Å². The van der Waals surface area contributed by atoms with E-state index in [1.807, 2.05) is 72.8 Å². The van der Waals surface area contributed by atoms with Gasteiger partial charge in [-0.25, -0.2) is 0 Å². The number of thioether (sulfide) groups is 1. The van der Waals surface area contributed by atoms with Crippen molar-refractivity contribution in [2.24, 2.45) is 0 Å². The van der Waals surface area contributed by atoms with Gasteiger partial charge in [-0.2, -0.15) is 0 Å². The average molecular weight is 478 g/mol. The van der Waals surface area contributed by atoms with E-state index in [1.165, 1.54) is 16.7 Å². The standard InChI is InChI=1S/C25H16ClNO3S2/c26-18-8-11-20(12-9-18)31-23-13-10-19(30-23)14-22-24(28)27(25(29)32-22)15-17-6-3-5-16-4-1-2-7-21(16)17/h1-14H,15H2/b22-14+. The minimum absolute atomic E-state index is 0.235. The number of halogens is 1. The van der Waals surface area contributed by atoms with Crippen molar-refractivity contribution in [1.82, 2.24) is 4.90 Å². The maximum absolute atomic E-state index is 12.9. The summed E-state index contributed by atoms with van der Waals surface area (Å²) < 4.78 is 5.83. The lowest BCUT2D eigenvalue weighted by atomic mass is 10.0. The van der Waals surface area contributed by atoms with Crippen LogP contribution in [0.15, 0.2) is 98.2 Å². The molecule has 1 aliphatic rings. The van der Waals surface area contributed by atoms with Crippen LogP contribution < -0.4 is 0 Å². The number of hydrogen-bond donors (Lipinski definition) is 0. The molecule has 0 aliphatic carbocycles. The molecular weight excluding hydrogens is 462 g/mol. The SMILES string of the molecule is O=C1S/C(=C/c2ccc(Sc3ccc(Cl)cc3)o2)C(=O)N1Cc1cccc2ccccc12. The van der Waals surface area contributed by atoms with Gasteiger partial charge in [0, 0.05) is 16.0 Å². The third-order valence-corrected chi connectivity index (χ3v) is 7.08. The Morgan fingerprint density at radius 2 is 1.72 bits per heavy atom. The van der Waals surface area contributed by atoms with Gasteiger partial charge in [0.25, 0.3) is 11.1 Å². The number of benzene rings is 3. The van der Waals surface area contributed by atoms with Crippen molar-refractivity contribution in [3.05, 3.63) is 100 Å². The predicted molar refractivity (Wildman–Crippen MR) is 130 cm³/mol. The number of carbonyl (C=O) groups is 2. The summed E-state index contributed by atoms with van der Waals surface area (Å²) in [5, 5.41) is 3.19. The van der Waals surface area contributed by atoms with Crippen LogP contribution in [0, 0.1) is 0 Å². The second kappa shape index (κ2) is 8.90. The van der Waals surface area contributed by atoms with Gasteiger partial charge >= 0.3 is 0 Å². The number of imide groups is 1. The van der Waals surface area contributed by atoms with E-state index in [-0.39, 0.29) is 17.7 Å². The van der Waals surface area contributed by atoms with Crippen LogP contribution in [0.3, 0.4) is 0 Å². The van der Waals surface area contributed by atoms with Gasteiger partial charge in [-0.05, 0) is 64.5 Å². The Balaban J connectivity index is 1.33. The minimum Gasteiger partial charge on any atom is -0.450 e. The van der Waals surface area contributed by atoms with E-state index in [0.717, 1.165) is 33.0 Å². The van der Waals surface area contributed by atoms with Crippen molar-refractivity contribution in [2.75, 3.05) is 0 Å². The first-order chi connectivity index (χ1) is 15.6. The Morgan fingerprint density at radius 3 is 2.56 bits per heavy atom. The zero-order valence-electron chi connectivity index (χ0n) is 16.7. The summed E-state index contributed by atoms with van der Waals surface area (Å²) in [6.07, 6.45) is 1.62. The van der Waals surface area contributed by atoms with E-state index >= 15 is 0 Å². The highest BCUT2D eigenvalue weighted by molar-refractivity contribution is 8.18. The Kier molecular flexibility index (Phi) is 5.83. The van der Waals surface area contributed by atoms with Crippen LogP contribution in [0.2, 0.25) is 5.02 Å². The van der Waals surface area contributed by atoms with Crippen molar-refractivity contribution in [2.45, 2.75) is 16.5 Å². The van der Waals surface area contributed by atoms with Gasteiger partial charge in [-0.3, -0.25) is 14.5 Å². The summed E-state index contributed by atoms with van der Waals surface area (Å²) in [6.45, 7) is 0.235. The molecule has 7 heteroatoms. The second-order valence-electron chi connectivity index (χ2n) is 7.12. The molecule has 2 heterocycles. The molecule has 2 amide bonds. The van der Waals surface area contributed by atoms with E-state index < -0.39 is 0 Å². The van der Waals surface area contributed by atoms with Crippen molar-refractivity contribution in [3.8, 4) is 0 Å². The normalized spacial score (nSPS) is 15.3. The largest absolute Gasteiger partial charge is 0.450 e. The van der Waals surface area contributed by atoms with Crippen molar-refractivity contribution >= 4 is 63.1 Å². The topological polar surface area (TPSA) is 50.5 Å². The molecule has 0 unspecified atom stereocenters. The summed E-state index contributed by atoms with van der Waals surface area (Å²) in [5.41, 5.74) is 0.936. The summed E-state index contributed by atoms with van der Waals surface area (Å²) in [5.74, 6) is 0.216. The quantitative estimate of drug-likeness (QED) is 0.279. The first-order valence-electron chi connectivity index (χ1n) is 9.82. The highest BCUT2D eigenvalue weighted by Gasteiger charge is 2.35. The number of nitrogens with zero attached hydrogens (tertiary/aromatic N) is 1. The van der Waals surface area contributed by atoms with Crippen molar-refractivity contribution < 1.29 is 14.0 Å². The minimum atomic E-state index is -0.309. The number of hydrogen-bond acceptors (Lipinski definition) is 5. The smallest absolute Gasteiger partial charge is 0.293 e. The Hall–Kier alpha value is -2.93. The molecule has 1 saturated heterocycles. The third kappa shape index (κ3) is 4.35. The van der Waals surface area contributed by atoms with Crippen molar-refractivity contribution in [3.63, 3.8) is 0 Å². The second-order valence-corrected chi connectivity index (χ2v) is 9.63. The van der Waals surface area contributed by atoms with Crippen LogP contribution in [-0.4, -0.2) is 16.0 Å². The van der Waals surface area contributed by atoms with Gasteiger partial charge < -0.3 is 4.42 Å². The first kappa shape index (κ1) is 20.9. The molecule has 1 aliphatic heterocycles. The molecule has 0 spiro atoms.